The Morgan fingerprint density at radius 1 is 1.40 bits per heavy atom. The van der Waals surface area contributed by atoms with Crippen LogP contribution >= 0.6 is 0 Å². The SMILES string of the molecule is CCc1c(F)cc(C)cc1C(=O)C(=O)O. The summed E-state index contributed by atoms with van der Waals surface area (Å²) in [5, 5.41) is 8.57. The average molecular weight is 210 g/mol. The monoisotopic (exact) mass is 210 g/mol. The molecule has 1 rings (SSSR count). The maximum Gasteiger partial charge on any atom is 0.377 e. The molecule has 15 heavy (non-hydrogen) atoms. The first-order chi connectivity index (χ1) is 6.97. The van der Waals surface area contributed by atoms with Crippen molar-refractivity contribution < 1.29 is 19.1 Å². The Bertz CT molecular complexity index is 424. The number of carboxylic acids is 1. The van der Waals surface area contributed by atoms with E-state index in [-0.39, 0.29) is 11.1 Å². The number of aryl methyl sites for hydroxylation is 1. The molecule has 0 aliphatic heterocycles. The van der Waals surface area contributed by atoms with Gasteiger partial charge in [-0.3, -0.25) is 4.79 Å². The Morgan fingerprint density at radius 3 is 2.47 bits per heavy atom. The molecule has 0 saturated heterocycles. The van der Waals surface area contributed by atoms with Gasteiger partial charge in [0.1, 0.15) is 5.82 Å². The van der Waals surface area contributed by atoms with Crippen LogP contribution in [0.1, 0.15) is 28.4 Å². The lowest BCUT2D eigenvalue weighted by atomic mass is 9.98. The largest absolute Gasteiger partial charge is 0.475 e. The molecule has 1 N–H and O–H groups in total. The lowest BCUT2D eigenvalue weighted by Crippen LogP contribution is -2.16. The van der Waals surface area contributed by atoms with Gasteiger partial charge in [-0.2, -0.15) is 0 Å². The maximum absolute atomic E-state index is 13.4. The van der Waals surface area contributed by atoms with Crippen molar-refractivity contribution in [3.05, 3.63) is 34.6 Å². The van der Waals surface area contributed by atoms with Gasteiger partial charge in [0.05, 0.1) is 0 Å². The van der Waals surface area contributed by atoms with E-state index in [0.29, 0.717) is 12.0 Å². The van der Waals surface area contributed by atoms with Gasteiger partial charge < -0.3 is 5.11 Å². The van der Waals surface area contributed by atoms with E-state index in [0.717, 1.165) is 0 Å². The Kier molecular flexibility index (Phi) is 3.19. The normalized spacial score (nSPS) is 10.1. The molecule has 0 bridgehead atoms. The standard InChI is InChI=1S/C11H11FO3/c1-3-7-8(10(13)11(14)15)4-6(2)5-9(7)12/h4-5H,3H2,1-2H3,(H,14,15). The van der Waals surface area contributed by atoms with Gasteiger partial charge in [-0.05, 0) is 36.6 Å². The quantitative estimate of drug-likeness (QED) is 0.613. The van der Waals surface area contributed by atoms with Gasteiger partial charge in [-0.25, -0.2) is 9.18 Å². The van der Waals surface area contributed by atoms with Crippen molar-refractivity contribution in [1.29, 1.82) is 0 Å². The fourth-order valence-electron chi connectivity index (χ4n) is 1.45. The van der Waals surface area contributed by atoms with E-state index in [1.165, 1.54) is 12.1 Å². The van der Waals surface area contributed by atoms with Crippen molar-refractivity contribution in [3.8, 4) is 0 Å². The fraction of sp³-hybridized carbons (Fsp3) is 0.273. The zero-order valence-electron chi connectivity index (χ0n) is 8.50. The van der Waals surface area contributed by atoms with Gasteiger partial charge in [0.25, 0.3) is 5.78 Å². The molecule has 4 heteroatoms. The van der Waals surface area contributed by atoms with E-state index >= 15 is 0 Å². The summed E-state index contributed by atoms with van der Waals surface area (Å²) in [4.78, 5) is 21.8. The second kappa shape index (κ2) is 4.21. The van der Waals surface area contributed by atoms with Crippen molar-refractivity contribution in [2.75, 3.05) is 0 Å². The zero-order valence-corrected chi connectivity index (χ0v) is 8.50. The Labute approximate surface area is 86.5 Å². The minimum Gasteiger partial charge on any atom is -0.475 e. The summed E-state index contributed by atoms with van der Waals surface area (Å²) in [5.41, 5.74) is 0.643. The number of ketones is 1. The number of hydrogen-bond donors (Lipinski definition) is 1. The van der Waals surface area contributed by atoms with Crippen LogP contribution in [0, 0.1) is 12.7 Å². The molecule has 0 aliphatic carbocycles. The molecule has 0 unspecified atom stereocenters. The Morgan fingerprint density at radius 2 is 2.00 bits per heavy atom. The molecule has 1 aromatic rings. The Hall–Kier alpha value is -1.71. The summed E-state index contributed by atoms with van der Waals surface area (Å²) in [6, 6.07) is 2.69. The van der Waals surface area contributed by atoms with Crippen LogP contribution in [0.3, 0.4) is 0 Å². The van der Waals surface area contributed by atoms with Crippen molar-refractivity contribution in [3.63, 3.8) is 0 Å². The van der Waals surface area contributed by atoms with Crippen LogP contribution in [-0.2, 0) is 11.2 Å². The topological polar surface area (TPSA) is 54.4 Å². The van der Waals surface area contributed by atoms with E-state index in [1.54, 1.807) is 13.8 Å². The van der Waals surface area contributed by atoms with E-state index in [9.17, 15) is 14.0 Å². The van der Waals surface area contributed by atoms with Gasteiger partial charge in [-0.15, -0.1) is 0 Å². The van der Waals surface area contributed by atoms with E-state index in [4.69, 9.17) is 5.11 Å². The van der Waals surface area contributed by atoms with Gasteiger partial charge in [0, 0.05) is 5.56 Å². The van der Waals surface area contributed by atoms with Crippen LogP contribution in [0.15, 0.2) is 12.1 Å². The molecule has 3 nitrogen and oxygen atoms in total. The molecule has 0 aliphatic rings. The minimum atomic E-state index is -1.56. The minimum absolute atomic E-state index is 0.0532. The molecule has 0 saturated carbocycles. The van der Waals surface area contributed by atoms with Gasteiger partial charge in [0.15, 0.2) is 0 Å². The highest BCUT2D eigenvalue weighted by Gasteiger charge is 2.20. The van der Waals surface area contributed by atoms with Gasteiger partial charge in [0.2, 0.25) is 0 Å². The molecule has 0 heterocycles. The number of carbonyl (C=O) groups is 2. The number of carbonyl (C=O) groups excluding carboxylic acids is 1. The van der Waals surface area contributed by atoms with Crippen LogP contribution in [0.2, 0.25) is 0 Å². The van der Waals surface area contributed by atoms with Crippen LogP contribution in [0.25, 0.3) is 0 Å². The van der Waals surface area contributed by atoms with Crippen molar-refractivity contribution in [2.45, 2.75) is 20.3 Å². The van der Waals surface area contributed by atoms with Crippen LogP contribution in [0.5, 0.6) is 0 Å². The average Bonchev–Trinajstić information content (AvgIpc) is 2.15. The summed E-state index contributed by atoms with van der Waals surface area (Å²) in [6.45, 7) is 3.29. The third kappa shape index (κ3) is 2.21. The number of hydrogen-bond acceptors (Lipinski definition) is 2. The molecule has 0 atom stereocenters. The van der Waals surface area contributed by atoms with Crippen molar-refractivity contribution >= 4 is 11.8 Å². The number of benzene rings is 1. The molecule has 0 spiro atoms. The zero-order chi connectivity index (χ0) is 11.6. The van der Waals surface area contributed by atoms with Crippen LogP contribution in [-0.4, -0.2) is 16.9 Å². The first-order valence-corrected chi connectivity index (χ1v) is 4.54. The Balaban J connectivity index is 3.38. The highest BCUT2D eigenvalue weighted by molar-refractivity contribution is 6.40. The van der Waals surface area contributed by atoms with Gasteiger partial charge >= 0.3 is 5.97 Å². The molecular formula is C11H11FO3. The first-order valence-electron chi connectivity index (χ1n) is 4.54. The summed E-state index contributed by atoms with van der Waals surface area (Å²) in [5.74, 6) is -3.15. The number of carboxylic acid groups (broad SMARTS) is 1. The molecule has 0 aromatic heterocycles. The number of rotatable bonds is 3. The molecule has 0 radical (unpaired) electrons. The second-order valence-corrected chi connectivity index (χ2v) is 3.26. The van der Waals surface area contributed by atoms with Crippen LogP contribution < -0.4 is 0 Å². The number of aliphatic carboxylic acids is 1. The summed E-state index contributed by atoms with van der Waals surface area (Å²) < 4.78 is 13.4. The molecular weight excluding hydrogens is 199 g/mol. The molecule has 80 valence electrons. The molecule has 0 amide bonds. The number of Topliss-reactive ketones (excluding diaryl/α,β-unsaturated/α-hetero) is 1. The third-order valence-electron chi connectivity index (χ3n) is 2.13. The smallest absolute Gasteiger partial charge is 0.377 e. The third-order valence-corrected chi connectivity index (χ3v) is 2.13. The predicted molar refractivity (Wildman–Crippen MR) is 52.5 cm³/mol. The lowest BCUT2D eigenvalue weighted by Gasteiger charge is -2.07. The predicted octanol–water partition coefficient (Wildman–Crippen LogP) is 1.96. The van der Waals surface area contributed by atoms with Crippen LogP contribution in [0.4, 0.5) is 4.39 Å². The lowest BCUT2D eigenvalue weighted by molar-refractivity contribution is -0.131. The molecule has 1 aromatic carbocycles. The highest BCUT2D eigenvalue weighted by atomic mass is 19.1. The van der Waals surface area contributed by atoms with E-state index < -0.39 is 17.6 Å². The summed E-state index contributed by atoms with van der Waals surface area (Å²) in [6.07, 6.45) is 0.292. The molecule has 0 fully saturated rings. The van der Waals surface area contributed by atoms with Crippen molar-refractivity contribution in [1.82, 2.24) is 0 Å². The maximum atomic E-state index is 13.4. The van der Waals surface area contributed by atoms with E-state index in [2.05, 4.69) is 0 Å². The fourth-order valence-corrected chi connectivity index (χ4v) is 1.45. The van der Waals surface area contributed by atoms with Crippen molar-refractivity contribution in [2.24, 2.45) is 0 Å². The highest BCUT2D eigenvalue weighted by Crippen LogP contribution is 2.17. The van der Waals surface area contributed by atoms with Gasteiger partial charge in [-0.1, -0.05) is 6.92 Å². The summed E-state index contributed by atoms with van der Waals surface area (Å²) in [7, 11) is 0. The van der Waals surface area contributed by atoms with E-state index in [1.807, 2.05) is 0 Å². The number of halogens is 1. The summed E-state index contributed by atoms with van der Waals surface area (Å²) >= 11 is 0. The first kappa shape index (κ1) is 11.4. The second-order valence-electron chi connectivity index (χ2n) is 3.26.